The predicted octanol–water partition coefficient (Wildman–Crippen LogP) is 4.75. The second kappa shape index (κ2) is 11.2. The monoisotopic (exact) mass is 435 g/mol. The molecule has 1 heterocycles. The first-order valence-electron chi connectivity index (χ1n) is 10.6. The molecule has 0 amide bonds. The summed E-state index contributed by atoms with van der Waals surface area (Å²) in [5.74, 6) is 0.863. The molecule has 6 heteroatoms. The molecule has 6 nitrogen and oxygen atoms in total. The van der Waals surface area contributed by atoms with Gasteiger partial charge in [0.05, 0.1) is 13.7 Å². The molecule has 3 rings (SSSR count). The standard InChI is InChI=1S/C26H29NO5/c1-19-16-24(20(2)27(19)17-21-8-5-4-6-9-21)25(28)18-32-26(29)10-7-15-31-23-13-11-22(30-3)12-14-23/h4-6,8-9,11-14,16H,7,10,15,17-18H2,1-3H3. The molecule has 2 aromatic carbocycles. The number of hydrogen-bond acceptors (Lipinski definition) is 5. The lowest BCUT2D eigenvalue weighted by Crippen LogP contribution is -2.15. The van der Waals surface area contributed by atoms with Gasteiger partial charge in [0, 0.05) is 29.9 Å². The van der Waals surface area contributed by atoms with Crippen molar-refractivity contribution in [2.45, 2.75) is 33.2 Å². The predicted molar refractivity (Wildman–Crippen MR) is 122 cm³/mol. The Morgan fingerprint density at radius 1 is 0.938 bits per heavy atom. The third-order valence-corrected chi connectivity index (χ3v) is 5.28. The summed E-state index contributed by atoms with van der Waals surface area (Å²) in [7, 11) is 1.61. The molecule has 0 aliphatic rings. The quantitative estimate of drug-likeness (QED) is 0.247. The van der Waals surface area contributed by atoms with Gasteiger partial charge in [-0.1, -0.05) is 30.3 Å². The number of ether oxygens (including phenoxy) is 3. The molecule has 0 radical (unpaired) electrons. The number of hydrogen-bond donors (Lipinski definition) is 0. The lowest BCUT2D eigenvalue weighted by atomic mass is 10.1. The third kappa shape index (κ3) is 6.23. The highest BCUT2D eigenvalue weighted by Crippen LogP contribution is 2.19. The van der Waals surface area contributed by atoms with Gasteiger partial charge < -0.3 is 18.8 Å². The minimum absolute atomic E-state index is 0.191. The van der Waals surface area contributed by atoms with E-state index in [1.54, 1.807) is 7.11 Å². The summed E-state index contributed by atoms with van der Waals surface area (Å²) in [6, 6.07) is 19.2. The van der Waals surface area contributed by atoms with Crippen LogP contribution in [0.25, 0.3) is 0 Å². The van der Waals surface area contributed by atoms with Crippen LogP contribution in [0.1, 0.15) is 40.2 Å². The molecule has 0 spiro atoms. The number of rotatable bonds is 11. The van der Waals surface area contributed by atoms with Gasteiger partial charge in [0.25, 0.3) is 0 Å². The lowest BCUT2D eigenvalue weighted by molar-refractivity contribution is -0.142. The Morgan fingerprint density at radius 2 is 1.62 bits per heavy atom. The summed E-state index contributed by atoms with van der Waals surface area (Å²) in [5, 5.41) is 0. The number of ketones is 1. The molecular formula is C26H29NO5. The fraction of sp³-hybridized carbons (Fsp3) is 0.308. The van der Waals surface area contributed by atoms with Crippen molar-refractivity contribution in [2.24, 2.45) is 0 Å². The molecule has 0 atom stereocenters. The van der Waals surface area contributed by atoms with Crippen LogP contribution in [-0.2, 0) is 16.1 Å². The largest absolute Gasteiger partial charge is 0.497 e. The number of nitrogens with zero attached hydrogens (tertiary/aromatic N) is 1. The maximum absolute atomic E-state index is 12.6. The van der Waals surface area contributed by atoms with Gasteiger partial charge in [-0.2, -0.15) is 0 Å². The van der Waals surface area contributed by atoms with E-state index >= 15 is 0 Å². The molecule has 0 saturated carbocycles. The van der Waals surface area contributed by atoms with E-state index < -0.39 is 5.97 Å². The SMILES string of the molecule is COc1ccc(OCCCC(=O)OCC(=O)c2cc(C)n(Cc3ccccc3)c2C)cc1. The van der Waals surface area contributed by atoms with Gasteiger partial charge in [-0.25, -0.2) is 0 Å². The van der Waals surface area contributed by atoms with E-state index in [2.05, 4.69) is 16.7 Å². The van der Waals surface area contributed by atoms with Gasteiger partial charge in [-0.3, -0.25) is 9.59 Å². The van der Waals surface area contributed by atoms with Crippen LogP contribution in [0.5, 0.6) is 11.5 Å². The molecule has 0 aliphatic carbocycles. The van der Waals surface area contributed by atoms with E-state index in [0.717, 1.165) is 22.7 Å². The zero-order valence-electron chi connectivity index (χ0n) is 18.8. The molecule has 0 N–H and O–H groups in total. The van der Waals surface area contributed by atoms with Crippen molar-refractivity contribution >= 4 is 11.8 Å². The average molecular weight is 436 g/mol. The minimum Gasteiger partial charge on any atom is -0.497 e. The van der Waals surface area contributed by atoms with Crippen molar-refractivity contribution in [2.75, 3.05) is 20.3 Å². The van der Waals surface area contributed by atoms with Gasteiger partial charge in [-0.05, 0) is 56.2 Å². The summed E-state index contributed by atoms with van der Waals surface area (Å²) >= 11 is 0. The van der Waals surface area contributed by atoms with E-state index in [0.29, 0.717) is 30.9 Å². The Labute approximate surface area is 188 Å². The number of benzene rings is 2. The number of carbonyl (C=O) groups is 2. The lowest BCUT2D eigenvalue weighted by Gasteiger charge is -2.10. The topological polar surface area (TPSA) is 66.8 Å². The number of methoxy groups -OCH3 is 1. The highest BCUT2D eigenvalue weighted by Gasteiger charge is 2.17. The van der Waals surface area contributed by atoms with Crippen LogP contribution in [0.2, 0.25) is 0 Å². The van der Waals surface area contributed by atoms with Crippen molar-refractivity contribution in [3.05, 3.63) is 83.2 Å². The van der Waals surface area contributed by atoms with E-state index in [1.165, 1.54) is 0 Å². The Balaban J connectivity index is 1.43. The maximum atomic E-state index is 12.6. The number of esters is 1. The van der Waals surface area contributed by atoms with Crippen molar-refractivity contribution in [1.29, 1.82) is 0 Å². The van der Waals surface area contributed by atoms with Gasteiger partial charge in [0.2, 0.25) is 5.78 Å². The second-order valence-corrected chi connectivity index (χ2v) is 7.57. The van der Waals surface area contributed by atoms with Gasteiger partial charge in [-0.15, -0.1) is 0 Å². The number of Topliss-reactive ketones (excluding diaryl/α,β-unsaturated/α-hetero) is 1. The van der Waals surface area contributed by atoms with Crippen molar-refractivity contribution in [3.8, 4) is 11.5 Å². The first kappa shape index (κ1) is 23.1. The molecular weight excluding hydrogens is 406 g/mol. The Hall–Kier alpha value is -3.54. The van der Waals surface area contributed by atoms with Crippen molar-refractivity contribution in [1.82, 2.24) is 4.57 Å². The zero-order valence-corrected chi connectivity index (χ0v) is 18.8. The number of carbonyl (C=O) groups excluding carboxylic acids is 2. The van der Waals surface area contributed by atoms with Crippen LogP contribution < -0.4 is 9.47 Å². The summed E-state index contributed by atoms with van der Waals surface area (Å²) in [6.45, 7) is 4.71. The Kier molecular flexibility index (Phi) is 8.08. The van der Waals surface area contributed by atoms with Crippen LogP contribution >= 0.6 is 0 Å². The van der Waals surface area contributed by atoms with E-state index in [1.807, 2.05) is 62.4 Å². The first-order chi connectivity index (χ1) is 15.5. The zero-order chi connectivity index (χ0) is 22.9. The molecule has 168 valence electrons. The van der Waals surface area contributed by atoms with Gasteiger partial charge >= 0.3 is 5.97 Å². The summed E-state index contributed by atoms with van der Waals surface area (Å²) in [5.41, 5.74) is 3.63. The summed E-state index contributed by atoms with van der Waals surface area (Å²) < 4.78 is 18.0. The smallest absolute Gasteiger partial charge is 0.306 e. The molecule has 0 saturated heterocycles. The minimum atomic E-state index is -0.408. The molecule has 0 bridgehead atoms. The molecule has 32 heavy (non-hydrogen) atoms. The maximum Gasteiger partial charge on any atom is 0.306 e. The normalized spacial score (nSPS) is 10.6. The highest BCUT2D eigenvalue weighted by molar-refractivity contribution is 5.99. The van der Waals surface area contributed by atoms with Gasteiger partial charge in [0.15, 0.2) is 6.61 Å². The Bertz CT molecular complexity index is 1040. The van der Waals surface area contributed by atoms with Crippen LogP contribution in [0, 0.1) is 13.8 Å². The van der Waals surface area contributed by atoms with E-state index in [-0.39, 0.29) is 18.8 Å². The number of aromatic nitrogens is 1. The van der Waals surface area contributed by atoms with Crippen LogP contribution in [0.4, 0.5) is 0 Å². The number of aryl methyl sites for hydroxylation is 1. The first-order valence-corrected chi connectivity index (χ1v) is 10.6. The van der Waals surface area contributed by atoms with Crippen molar-refractivity contribution < 1.29 is 23.8 Å². The molecule has 0 unspecified atom stereocenters. The Morgan fingerprint density at radius 3 is 2.31 bits per heavy atom. The molecule has 3 aromatic rings. The highest BCUT2D eigenvalue weighted by atomic mass is 16.5. The van der Waals surface area contributed by atoms with Gasteiger partial charge in [0.1, 0.15) is 11.5 Å². The van der Waals surface area contributed by atoms with E-state index in [9.17, 15) is 9.59 Å². The van der Waals surface area contributed by atoms with Crippen LogP contribution in [0.3, 0.4) is 0 Å². The molecule has 1 aromatic heterocycles. The van der Waals surface area contributed by atoms with Crippen LogP contribution in [0.15, 0.2) is 60.7 Å². The molecule has 0 aliphatic heterocycles. The summed E-state index contributed by atoms with van der Waals surface area (Å²) in [4.78, 5) is 24.6. The fourth-order valence-corrected chi connectivity index (χ4v) is 3.47. The average Bonchev–Trinajstić information content (AvgIpc) is 3.09. The van der Waals surface area contributed by atoms with E-state index in [4.69, 9.17) is 14.2 Å². The van der Waals surface area contributed by atoms with Crippen molar-refractivity contribution in [3.63, 3.8) is 0 Å². The second-order valence-electron chi connectivity index (χ2n) is 7.57. The summed E-state index contributed by atoms with van der Waals surface area (Å²) in [6.07, 6.45) is 0.696. The third-order valence-electron chi connectivity index (χ3n) is 5.28. The van der Waals surface area contributed by atoms with Crippen LogP contribution in [-0.4, -0.2) is 36.6 Å². The molecule has 0 fully saturated rings. The fourth-order valence-electron chi connectivity index (χ4n) is 3.47.